The maximum Gasteiger partial charge on any atom is 0.138 e. The number of hydrogen-bond donors (Lipinski definition) is 1. The van der Waals surface area contributed by atoms with Gasteiger partial charge in [0.2, 0.25) is 0 Å². The van der Waals surface area contributed by atoms with Crippen LogP contribution in [0.5, 0.6) is 5.75 Å². The van der Waals surface area contributed by atoms with Gasteiger partial charge in [-0.05, 0) is 38.3 Å². The Bertz CT molecular complexity index is 414. The van der Waals surface area contributed by atoms with Gasteiger partial charge in [-0.15, -0.1) is 0 Å². The number of hydrogen-bond acceptors (Lipinski definition) is 4. The van der Waals surface area contributed by atoms with Gasteiger partial charge < -0.3 is 15.2 Å². The summed E-state index contributed by atoms with van der Waals surface area (Å²) in [5, 5.41) is 0. The van der Waals surface area contributed by atoms with Gasteiger partial charge >= 0.3 is 0 Å². The second kappa shape index (κ2) is 5.88. The molecule has 0 amide bonds. The third-order valence-electron chi connectivity index (χ3n) is 3.89. The molecule has 0 bridgehead atoms. The van der Waals surface area contributed by atoms with Crippen LogP contribution in [0, 0.1) is 0 Å². The van der Waals surface area contributed by atoms with E-state index in [4.69, 9.17) is 15.2 Å². The Morgan fingerprint density at radius 1 is 1.26 bits per heavy atom. The van der Waals surface area contributed by atoms with Crippen molar-refractivity contribution in [2.75, 3.05) is 7.11 Å². The molecular weight excluding hydrogens is 240 g/mol. The molecule has 0 spiro atoms. The van der Waals surface area contributed by atoms with E-state index in [1.807, 2.05) is 26.1 Å². The molecule has 1 atom stereocenters. The number of nitrogens with zero attached hydrogens (tertiary/aromatic N) is 1. The highest BCUT2D eigenvalue weighted by atomic mass is 16.5. The number of ether oxygens (including phenoxy) is 2. The molecule has 2 rings (SSSR count). The highest BCUT2D eigenvalue weighted by Gasteiger charge is 2.40. The van der Waals surface area contributed by atoms with E-state index in [1.165, 1.54) is 12.8 Å². The molecule has 1 saturated carbocycles. The third kappa shape index (κ3) is 3.07. The molecule has 106 valence electrons. The van der Waals surface area contributed by atoms with Crippen LogP contribution in [0.1, 0.15) is 51.1 Å². The van der Waals surface area contributed by atoms with Crippen LogP contribution in [0.3, 0.4) is 0 Å². The van der Waals surface area contributed by atoms with E-state index in [1.54, 1.807) is 13.3 Å². The molecule has 1 aromatic heterocycles. The molecule has 1 aliphatic rings. The topological polar surface area (TPSA) is 57.4 Å². The van der Waals surface area contributed by atoms with Gasteiger partial charge in [-0.25, -0.2) is 0 Å². The summed E-state index contributed by atoms with van der Waals surface area (Å²) in [4.78, 5) is 4.24. The molecule has 2 N–H and O–H groups in total. The molecule has 1 aromatic rings. The summed E-state index contributed by atoms with van der Waals surface area (Å²) in [5.74, 6) is 0.771. The van der Waals surface area contributed by atoms with Crippen molar-refractivity contribution in [1.29, 1.82) is 0 Å². The van der Waals surface area contributed by atoms with Gasteiger partial charge in [-0.2, -0.15) is 0 Å². The lowest BCUT2D eigenvalue weighted by atomic mass is 9.88. The summed E-state index contributed by atoms with van der Waals surface area (Å²) >= 11 is 0. The van der Waals surface area contributed by atoms with Crippen molar-refractivity contribution in [3.05, 3.63) is 24.0 Å². The molecule has 1 unspecified atom stereocenters. The fourth-order valence-electron chi connectivity index (χ4n) is 2.86. The molecular formula is C15H24N2O2. The summed E-state index contributed by atoms with van der Waals surface area (Å²) in [5.41, 5.74) is 7.17. The molecule has 1 heterocycles. The van der Waals surface area contributed by atoms with Gasteiger partial charge in [-0.3, -0.25) is 4.98 Å². The second-order valence-corrected chi connectivity index (χ2v) is 5.57. The molecule has 4 nitrogen and oxygen atoms in total. The van der Waals surface area contributed by atoms with E-state index in [9.17, 15) is 0 Å². The predicted octanol–water partition coefficient (Wildman–Crippen LogP) is 2.83. The van der Waals surface area contributed by atoms with Crippen molar-refractivity contribution < 1.29 is 9.47 Å². The van der Waals surface area contributed by atoms with Crippen LogP contribution >= 0.6 is 0 Å². The Hall–Kier alpha value is -1.13. The smallest absolute Gasteiger partial charge is 0.138 e. The maximum absolute atomic E-state index is 6.42. The summed E-state index contributed by atoms with van der Waals surface area (Å²) in [6.07, 6.45) is 8.06. The fraction of sp³-hybridized carbons (Fsp3) is 0.667. The second-order valence-electron chi connectivity index (χ2n) is 5.57. The van der Waals surface area contributed by atoms with E-state index in [2.05, 4.69) is 4.98 Å². The van der Waals surface area contributed by atoms with Crippen LogP contribution < -0.4 is 10.5 Å². The van der Waals surface area contributed by atoms with Crippen molar-refractivity contribution >= 4 is 0 Å². The predicted molar refractivity (Wildman–Crippen MR) is 75.1 cm³/mol. The fourth-order valence-corrected chi connectivity index (χ4v) is 2.86. The lowest BCUT2D eigenvalue weighted by molar-refractivity contribution is -0.0265. The molecule has 0 radical (unpaired) electrons. The minimum absolute atomic E-state index is 0.135. The third-order valence-corrected chi connectivity index (χ3v) is 3.89. The van der Waals surface area contributed by atoms with E-state index in [0.717, 1.165) is 24.2 Å². The molecule has 0 aromatic carbocycles. The van der Waals surface area contributed by atoms with Crippen LogP contribution in [-0.2, 0) is 4.74 Å². The summed E-state index contributed by atoms with van der Waals surface area (Å²) < 4.78 is 11.4. The highest BCUT2D eigenvalue weighted by molar-refractivity contribution is 5.28. The minimum Gasteiger partial charge on any atom is -0.489 e. The van der Waals surface area contributed by atoms with Gasteiger partial charge in [0.05, 0.1) is 23.9 Å². The SMILES string of the molecule is COC1(C(N)c2cncc(OC(C)C)c2)CCCC1. The number of methoxy groups -OCH3 is 1. The first kappa shape index (κ1) is 14.3. The molecule has 1 fully saturated rings. The van der Waals surface area contributed by atoms with E-state index in [-0.39, 0.29) is 17.7 Å². The van der Waals surface area contributed by atoms with Crippen molar-refractivity contribution in [3.63, 3.8) is 0 Å². The zero-order chi connectivity index (χ0) is 13.9. The normalized spacial score (nSPS) is 19.6. The maximum atomic E-state index is 6.42. The van der Waals surface area contributed by atoms with Crippen LogP contribution in [0.2, 0.25) is 0 Å². The van der Waals surface area contributed by atoms with E-state index >= 15 is 0 Å². The number of rotatable bonds is 5. The van der Waals surface area contributed by atoms with Crippen molar-refractivity contribution in [2.24, 2.45) is 5.73 Å². The lowest BCUT2D eigenvalue weighted by Crippen LogP contribution is -2.40. The van der Waals surface area contributed by atoms with Gasteiger partial charge in [0.25, 0.3) is 0 Å². The van der Waals surface area contributed by atoms with E-state index in [0.29, 0.717) is 0 Å². The Morgan fingerprint density at radius 3 is 2.53 bits per heavy atom. The Labute approximate surface area is 115 Å². The van der Waals surface area contributed by atoms with Crippen LogP contribution in [0.25, 0.3) is 0 Å². The van der Waals surface area contributed by atoms with Gasteiger partial charge in [0.15, 0.2) is 0 Å². The first-order valence-corrected chi connectivity index (χ1v) is 7.00. The van der Waals surface area contributed by atoms with Crippen molar-refractivity contribution in [3.8, 4) is 5.75 Å². The quantitative estimate of drug-likeness (QED) is 0.888. The van der Waals surface area contributed by atoms with Gasteiger partial charge in [0.1, 0.15) is 5.75 Å². The Balaban J connectivity index is 2.20. The molecule has 0 aliphatic heterocycles. The number of nitrogens with two attached hydrogens (primary N) is 1. The van der Waals surface area contributed by atoms with Crippen LogP contribution in [0.4, 0.5) is 0 Å². The lowest BCUT2D eigenvalue weighted by Gasteiger charge is -2.34. The molecule has 0 saturated heterocycles. The summed E-state index contributed by atoms with van der Waals surface area (Å²) in [6, 6.07) is 1.83. The molecule has 1 aliphatic carbocycles. The minimum atomic E-state index is -0.238. The number of pyridine rings is 1. The van der Waals surface area contributed by atoms with Gasteiger partial charge in [0, 0.05) is 13.3 Å². The van der Waals surface area contributed by atoms with Crippen molar-refractivity contribution in [2.45, 2.75) is 57.3 Å². The zero-order valence-corrected chi connectivity index (χ0v) is 12.1. The first-order chi connectivity index (χ1) is 9.07. The average Bonchev–Trinajstić information content (AvgIpc) is 2.87. The zero-order valence-electron chi connectivity index (χ0n) is 12.1. The summed E-state index contributed by atoms with van der Waals surface area (Å²) in [7, 11) is 1.76. The van der Waals surface area contributed by atoms with Crippen LogP contribution in [0.15, 0.2) is 18.5 Å². The monoisotopic (exact) mass is 264 g/mol. The van der Waals surface area contributed by atoms with Gasteiger partial charge in [-0.1, -0.05) is 12.8 Å². The van der Waals surface area contributed by atoms with Crippen molar-refractivity contribution in [1.82, 2.24) is 4.98 Å². The standard InChI is InChI=1S/C15H24N2O2/c1-11(2)19-13-8-12(9-17-10-13)14(16)15(18-3)6-4-5-7-15/h8-11,14H,4-7,16H2,1-3H3. The Kier molecular flexibility index (Phi) is 4.42. The summed E-state index contributed by atoms with van der Waals surface area (Å²) in [6.45, 7) is 4.00. The molecule has 4 heteroatoms. The van der Waals surface area contributed by atoms with E-state index < -0.39 is 0 Å². The molecule has 19 heavy (non-hydrogen) atoms. The first-order valence-electron chi connectivity index (χ1n) is 7.00. The average molecular weight is 264 g/mol. The number of aromatic nitrogens is 1. The highest BCUT2D eigenvalue weighted by Crippen LogP contribution is 2.41. The van der Waals surface area contributed by atoms with Crippen LogP contribution in [-0.4, -0.2) is 23.8 Å². The largest absolute Gasteiger partial charge is 0.489 e. The Morgan fingerprint density at radius 2 is 1.95 bits per heavy atom.